The summed E-state index contributed by atoms with van der Waals surface area (Å²) in [6.45, 7) is 7.50. The van der Waals surface area contributed by atoms with Crippen molar-refractivity contribution < 1.29 is 19.2 Å². The van der Waals surface area contributed by atoms with Gasteiger partial charge in [0.15, 0.2) is 0 Å². The first-order chi connectivity index (χ1) is 12.1. The Hall–Kier alpha value is -1.53. The van der Waals surface area contributed by atoms with Crippen molar-refractivity contribution in [1.82, 2.24) is 0 Å². The zero-order valence-electron chi connectivity index (χ0n) is 14.6. The fraction of sp³-hybridized carbons (Fsp3) is 0.474. The van der Waals surface area contributed by atoms with Crippen molar-refractivity contribution in [3.8, 4) is 0 Å². The Labute approximate surface area is 153 Å². The number of rotatable bonds is 7. The van der Waals surface area contributed by atoms with Crippen molar-refractivity contribution in [3.05, 3.63) is 52.9 Å². The van der Waals surface area contributed by atoms with Gasteiger partial charge < -0.3 is 24.1 Å². The van der Waals surface area contributed by atoms with Crippen LogP contribution in [-0.4, -0.2) is 50.5 Å². The van der Waals surface area contributed by atoms with Crippen LogP contribution >= 0.6 is 11.6 Å². The molecule has 0 bridgehead atoms. The van der Waals surface area contributed by atoms with Crippen LogP contribution < -0.4 is 9.80 Å². The Kier molecular flexibility index (Phi) is 6.37. The first kappa shape index (κ1) is 18.3. The maximum absolute atomic E-state index is 10.2. The Morgan fingerprint density at radius 1 is 1.32 bits per heavy atom. The van der Waals surface area contributed by atoms with Crippen LogP contribution in [-0.2, 0) is 11.3 Å². The van der Waals surface area contributed by atoms with Gasteiger partial charge in [-0.25, -0.2) is 0 Å². The minimum Gasteiger partial charge on any atom is -0.467 e. The van der Waals surface area contributed by atoms with Crippen molar-refractivity contribution in [1.29, 1.82) is 0 Å². The van der Waals surface area contributed by atoms with Crippen molar-refractivity contribution in [2.24, 2.45) is 0 Å². The summed E-state index contributed by atoms with van der Waals surface area (Å²) in [5.74, 6) is 0.782. The third-order valence-corrected chi connectivity index (χ3v) is 4.88. The molecule has 1 aliphatic heterocycles. The molecule has 0 radical (unpaired) electrons. The number of quaternary nitrogens is 1. The van der Waals surface area contributed by atoms with Crippen LogP contribution in [0, 0.1) is 6.92 Å². The van der Waals surface area contributed by atoms with Crippen LogP contribution in [0.3, 0.4) is 0 Å². The van der Waals surface area contributed by atoms with Crippen LogP contribution in [0.5, 0.6) is 0 Å². The fourth-order valence-electron chi connectivity index (χ4n) is 3.27. The number of halogens is 1. The summed E-state index contributed by atoms with van der Waals surface area (Å²) in [7, 11) is 0. The summed E-state index contributed by atoms with van der Waals surface area (Å²) in [6.07, 6.45) is 1.17. The zero-order chi connectivity index (χ0) is 17.6. The molecule has 1 aromatic heterocycles. The average Bonchev–Trinajstić information content (AvgIpc) is 3.11. The molecule has 5 nitrogen and oxygen atoms in total. The molecule has 1 fully saturated rings. The molecule has 2 N–H and O–H groups in total. The summed E-state index contributed by atoms with van der Waals surface area (Å²) in [5.41, 5.74) is 2.47. The molecule has 0 spiro atoms. The molecule has 0 amide bonds. The highest BCUT2D eigenvalue weighted by molar-refractivity contribution is 6.30. The highest BCUT2D eigenvalue weighted by Crippen LogP contribution is 2.24. The van der Waals surface area contributed by atoms with E-state index in [4.69, 9.17) is 20.8 Å². The molecule has 1 aromatic carbocycles. The van der Waals surface area contributed by atoms with Gasteiger partial charge in [-0.2, -0.15) is 0 Å². The van der Waals surface area contributed by atoms with E-state index in [-0.39, 0.29) is 0 Å². The van der Waals surface area contributed by atoms with Crippen LogP contribution in [0.15, 0.2) is 41.0 Å². The number of nitrogens with zero attached hydrogens (tertiary/aromatic N) is 1. The predicted octanol–water partition coefficient (Wildman–Crippen LogP) is 1.52. The molecular formula is C19H26ClN2O3+. The van der Waals surface area contributed by atoms with Gasteiger partial charge in [0, 0.05) is 10.7 Å². The number of hydrogen-bond donors (Lipinski definition) is 2. The first-order valence-electron chi connectivity index (χ1n) is 8.74. The lowest BCUT2D eigenvalue weighted by Crippen LogP contribution is -3.16. The molecule has 0 unspecified atom stereocenters. The van der Waals surface area contributed by atoms with E-state index in [2.05, 4.69) is 17.9 Å². The molecule has 6 heteroatoms. The number of anilines is 1. The highest BCUT2D eigenvalue weighted by atomic mass is 35.5. The SMILES string of the molecule is Cc1ccc(Cl)cc1N1CC[NH+](C[C@H](O)COCc2ccco2)CC1. The summed E-state index contributed by atoms with van der Waals surface area (Å²) >= 11 is 6.13. The van der Waals surface area contributed by atoms with Crippen molar-refractivity contribution >= 4 is 17.3 Å². The number of aliphatic hydroxyl groups is 1. The van der Waals surface area contributed by atoms with Gasteiger partial charge in [-0.1, -0.05) is 17.7 Å². The van der Waals surface area contributed by atoms with E-state index in [1.807, 2.05) is 24.3 Å². The lowest BCUT2D eigenvalue weighted by molar-refractivity contribution is -0.903. The number of furan rings is 1. The Balaban J connectivity index is 1.40. The van der Waals surface area contributed by atoms with Gasteiger partial charge in [-0.3, -0.25) is 0 Å². The number of ether oxygens (including phenoxy) is 1. The molecule has 1 aliphatic rings. The minimum absolute atomic E-state index is 0.335. The summed E-state index contributed by atoms with van der Waals surface area (Å²) in [4.78, 5) is 3.79. The van der Waals surface area contributed by atoms with E-state index in [0.29, 0.717) is 19.8 Å². The Morgan fingerprint density at radius 2 is 2.12 bits per heavy atom. The van der Waals surface area contributed by atoms with E-state index in [0.717, 1.165) is 37.0 Å². The molecule has 0 aliphatic carbocycles. The van der Waals surface area contributed by atoms with Gasteiger partial charge >= 0.3 is 0 Å². The highest BCUT2D eigenvalue weighted by Gasteiger charge is 2.23. The maximum Gasteiger partial charge on any atom is 0.129 e. The standard InChI is InChI=1S/C19H25ClN2O3/c1-15-4-5-16(20)11-19(15)22-8-6-21(7-9-22)12-17(23)13-24-14-18-3-2-10-25-18/h2-5,10-11,17,23H,6-9,12-14H2,1H3/p+1/t17-/m0/s1. The van der Waals surface area contributed by atoms with E-state index in [1.54, 1.807) is 6.26 Å². The predicted molar refractivity (Wildman–Crippen MR) is 98.3 cm³/mol. The van der Waals surface area contributed by atoms with E-state index < -0.39 is 6.10 Å². The first-order valence-corrected chi connectivity index (χ1v) is 9.12. The lowest BCUT2D eigenvalue weighted by atomic mass is 10.1. The van der Waals surface area contributed by atoms with Crippen LogP contribution in [0.1, 0.15) is 11.3 Å². The van der Waals surface area contributed by atoms with Crippen LogP contribution in [0.4, 0.5) is 5.69 Å². The third-order valence-electron chi connectivity index (χ3n) is 4.64. The average molecular weight is 366 g/mol. The maximum atomic E-state index is 10.2. The normalized spacial score (nSPS) is 17.0. The Morgan fingerprint density at radius 3 is 2.84 bits per heavy atom. The van der Waals surface area contributed by atoms with E-state index >= 15 is 0 Å². The molecule has 2 heterocycles. The number of nitrogens with one attached hydrogen (secondary N) is 1. The zero-order valence-corrected chi connectivity index (χ0v) is 15.3. The third kappa shape index (κ3) is 5.22. The summed E-state index contributed by atoms with van der Waals surface area (Å²) in [6, 6.07) is 9.74. The lowest BCUT2D eigenvalue weighted by Gasteiger charge is -2.35. The van der Waals surface area contributed by atoms with Gasteiger partial charge in [0.05, 0.1) is 39.0 Å². The van der Waals surface area contributed by atoms with E-state index in [9.17, 15) is 5.11 Å². The molecule has 2 aromatic rings. The molecule has 0 saturated carbocycles. The van der Waals surface area contributed by atoms with Gasteiger partial charge in [0.2, 0.25) is 0 Å². The number of aryl methyl sites for hydroxylation is 1. The molecule has 3 rings (SSSR count). The second-order valence-corrected chi connectivity index (χ2v) is 7.06. The van der Waals surface area contributed by atoms with Crippen molar-refractivity contribution in [2.75, 3.05) is 44.2 Å². The monoisotopic (exact) mass is 365 g/mol. The van der Waals surface area contributed by atoms with E-state index in [1.165, 1.54) is 16.2 Å². The number of aliphatic hydroxyl groups excluding tert-OH is 1. The molecule has 1 saturated heterocycles. The molecule has 1 atom stereocenters. The van der Waals surface area contributed by atoms with Gasteiger partial charge in [0.25, 0.3) is 0 Å². The summed E-state index contributed by atoms with van der Waals surface area (Å²) < 4.78 is 10.7. The quantitative estimate of drug-likeness (QED) is 0.781. The molecular weight excluding hydrogens is 340 g/mol. The Bertz CT molecular complexity index is 655. The number of benzene rings is 1. The van der Waals surface area contributed by atoms with Gasteiger partial charge in [0.1, 0.15) is 25.0 Å². The van der Waals surface area contributed by atoms with Crippen LogP contribution in [0.2, 0.25) is 5.02 Å². The van der Waals surface area contributed by atoms with Gasteiger partial charge in [-0.15, -0.1) is 0 Å². The number of piperazine rings is 1. The minimum atomic E-state index is -0.454. The topological polar surface area (TPSA) is 50.3 Å². The van der Waals surface area contributed by atoms with Crippen molar-refractivity contribution in [3.63, 3.8) is 0 Å². The fourth-order valence-corrected chi connectivity index (χ4v) is 3.44. The number of hydrogen-bond acceptors (Lipinski definition) is 4. The molecule has 136 valence electrons. The van der Waals surface area contributed by atoms with Crippen molar-refractivity contribution in [2.45, 2.75) is 19.6 Å². The second kappa shape index (κ2) is 8.72. The summed E-state index contributed by atoms with van der Waals surface area (Å²) in [5, 5.41) is 11.0. The smallest absolute Gasteiger partial charge is 0.129 e. The van der Waals surface area contributed by atoms with Gasteiger partial charge in [-0.05, 0) is 36.8 Å². The largest absolute Gasteiger partial charge is 0.467 e. The van der Waals surface area contributed by atoms with Crippen LogP contribution in [0.25, 0.3) is 0 Å². The molecule has 25 heavy (non-hydrogen) atoms. The second-order valence-electron chi connectivity index (χ2n) is 6.62.